The lowest BCUT2D eigenvalue weighted by molar-refractivity contribution is -0.122. The van der Waals surface area contributed by atoms with Gasteiger partial charge >= 0.3 is 0 Å². The Hall–Kier alpha value is -2.43. The predicted molar refractivity (Wildman–Crippen MR) is 104 cm³/mol. The molecule has 0 bridgehead atoms. The highest BCUT2D eigenvalue weighted by molar-refractivity contribution is 5.79. The van der Waals surface area contributed by atoms with Gasteiger partial charge in [-0.25, -0.2) is 0 Å². The van der Waals surface area contributed by atoms with Gasteiger partial charge in [0.15, 0.2) is 5.82 Å². The van der Waals surface area contributed by atoms with Crippen molar-refractivity contribution in [3.63, 3.8) is 0 Å². The maximum absolute atomic E-state index is 12.5. The van der Waals surface area contributed by atoms with Crippen LogP contribution in [0.5, 0.6) is 0 Å². The average Bonchev–Trinajstić information content (AvgIpc) is 2.97. The van der Waals surface area contributed by atoms with Gasteiger partial charge in [0, 0.05) is 13.1 Å². The summed E-state index contributed by atoms with van der Waals surface area (Å²) in [7, 11) is 0. The van der Waals surface area contributed by atoms with E-state index in [1.165, 1.54) is 5.56 Å². The summed E-state index contributed by atoms with van der Waals surface area (Å²) in [6, 6.07) is 12.3. The van der Waals surface area contributed by atoms with Crippen molar-refractivity contribution in [3.05, 3.63) is 53.2 Å². The van der Waals surface area contributed by atoms with Gasteiger partial charge in [0.25, 0.3) is 0 Å². The number of benzene rings is 1. The standard InChI is InChI=1S/C21H28N4O/c1-15(2)18-8-6-17(7-9-18)13-20(26)22-21(4)11-12-25(14-21)19-10-5-16(3)23-24-19/h5-10,15H,11-14H2,1-4H3,(H,22,26)/t21-/m0/s1. The minimum absolute atomic E-state index is 0.0710. The van der Waals surface area contributed by atoms with Crippen molar-refractivity contribution in [1.29, 1.82) is 0 Å². The predicted octanol–water partition coefficient (Wildman–Crippen LogP) is 3.24. The maximum atomic E-state index is 12.5. The summed E-state index contributed by atoms with van der Waals surface area (Å²) in [5.74, 6) is 1.45. The molecule has 1 fully saturated rings. The van der Waals surface area contributed by atoms with E-state index in [9.17, 15) is 4.79 Å². The van der Waals surface area contributed by atoms with Crippen LogP contribution in [0.3, 0.4) is 0 Å². The fourth-order valence-electron chi connectivity index (χ4n) is 3.41. The zero-order chi connectivity index (χ0) is 18.7. The fourth-order valence-corrected chi connectivity index (χ4v) is 3.41. The van der Waals surface area contributed by atoms with Crippen LogP contribution in [0.2, 0.25) is 0 Å². The van der Waals surface area contributed by atoms with Crippen molar-refractivity contribution in [2.45, 2.75) is 52.0 Å². The first-order valence-electron chi connectivity index (χ1n) is 9.30. The fraction of sp³-hybridized carbons (Fsp3) is 0.476. The molecule has 2 heterocycles. The van der Waals surface area contributed by atoms with Crippen LogP contribution in [0, 0.1) is 6.92 Å². The van der Waals surface area contributed by atoms with Crippen molar-refractivity contribution in [3.8, 4) is 0 Å². The van der Waals surface area contributed by atoms with Crippen LogP contribution >= 0.6 is 0 Å². The number of amides is 1. The summed E-state index contributed by atoms with van der Waals surface area (Å²) >= 11 is 0. The molecule has 1 aromatic carbocycles. The molecule has 1 N–H and O–H groups in total. The monoisotopic (exact) mass is 352 g/mol. The first kappa shape index (κ1) is 18.4. The number of nitrogens with one attached hydrogen (secondary N) is 1. The lowest BCUT2D eigenvalue weighted by Gasteiger charge is -2.26. The number of aryl methyl sites for hydroxylation is 1. The summed E-state index contributed by atoms with van der Waals surface area (Å²) in [6.45, 7) is 10.0. The van der Waals surface area contributed by atoms with Crippen molar-refractivity contribution < 1.29 is 4.79 Å². The van der Waals surface area contributed by atoms with Gasteiger partial charge in [-0.2, -0.15) is 5.10 Å². The van der Waals surface area contributed by atoms with Crippen LogP contribution in [0.4, 0.5) is 5.82 Å². The molecule has 1 amide bonds. The second-order valence-corrected chi connectivity index (χ2v) is 7.89. The van der Waals surface area contributed by atoms with Gasteiger partial charge in [-0.05, 0) is 49.4 Å². The Kier molecular flexibility index (Phi) is 5.25. The minimum atomic E-state index is -0.235. The number of aromatic nitrogens is 2. The molecule has 26 heavy (non-hydrogen) atoms. The smallest absolute Gasteiger partial charge is 0.224 e. The van der Waals surface area contributed by atoms with Crippen molar-refractivity contribution in [1.82, 2.24) is 15.5 Å². The highest BCUT2D eigenvalue weighted by Crippen LogP contribution is 2.25. The number of anilines is 1. The summed E-state index contributed by atoms with van der Waals surface area (Å²) in [5.41, 5.74) is 3.02. The second kappa shape index (κ2) is 7.44. The third-order valence-corrected chi connectivity index (χ3v) is 5.03. The Balaban J connectivity index is 1.57. The number of hydrogen-bond acceptors (Lipinski definition) is 4. The zero-order valence-electron chi connectivity index (χ0n) is 16.1. The van der Waals surface area contributed by atoms with Gasteiger partial charge in [0.05, 0.1) is 17.7 Å². The van der Waals surface area contributed by atoms with E-state index in [0.29, 0.717) is 12.3 Å². The SMILES string of the molecule is Cc1ccc(N2CC[C@](C)(NC(=O)Cc3ccc(C(C)C)cc3)C2)nn1. The quantitative estimate of drug-likeness (QED) is 0.897. The topological polar surface area (TPSA) is 58.1 Å². The van der Waals surface area contributed by atoms with E-state index in [1.807, 2.05) is 19.1 Å². The molecule has 3 rings (SSSR count). The number of nitrogens with zero attached hydrogens (tertiary/aromatic N) is 3. The number of rotatable bonds is 5. The molecule has 1 atom stereocenters. The molecule has 0 unspecified atom stereocenters. The molecule has 0 saturated carbocycles. The zero-order valence-corrected chi connectivity index (χ0v) is 16.1. The molecule has 1 saturated heterocycles. The van der Waals surface area contributed by atoms with Crippen molar-refractivity contribution >= 4 is 11.7 Å². The molecule has 1 aromatic heterocycles. The van der Waals surface area contributed by atoms with Crippen LogP contribution in [-0.2, 0) is 11.2 Å². The van der Waals surface area contributed by atoms with Crippen molar-refractivity contribution in [2.24, 2.45) is 0 Å². The second-order valence-electron chi connectivity index (χ2n) is 7.89. The van der Waals surface area contributed by atoms with Crippen LogP contribution in [0.25, 0.3) is 0 Å². The average molecular weight is 352 g/mol. The van der Waals surface area contributed by atoms with Gasteiger partial charge < -0.3 is 10.2 Å². The van der Waals surface area contributed by atoms with Gasteiger partial charge in [-0.15, -0.1) is 5.10 Å². The molecule has 1 aliphatic rings. The van der Waals surface area contributed by atoms with Gasteiger partial charge in [0.2, 0.25) is 5.91 Å². The lowest BCUT2D eigenvalue weighted by Crippen LogP contribution is -2.48. The Bertz CT molecular complexity index is 755. The Morgan fingerprint density at radius 1 is 1.19 bits per heavy atom. The molecular weight excluding hydrogens is 324 g/mol. The van der Waals surface area contributed by atoms with Crippen molar-refractivity contribution in [2.75, 3.05) is 18.0 Å². The number of carbonyl (C=O) groups is 1. The highest BCUT2D eigenvalue weighted by atomic mass is 16.1. The van der Waals surface area contributed by atoms with Crippen LogP contribution in [-0.4, -0.2) is 34.7 Å². The van der Waals surface area contributed by atoms with Gasteiger partial charge in [0.1, 0.15) is 0 Å². The Morgan fingerprint density at radius 2 is 1.92 bits per heavy atom. The van der Waals surface area contributed by atoms with Crippen LogP contribution < -0.4 is 10.2 Å². The molecule has 2 aromatic rings. The molecule has 1 aliphatic heterocycles. The summed E-state index contributed by atoms with van der Waals surface area (Å²) in [4.78, 5) is 14.7. The van der Waals surface area contributed by atoms with E-state index >= 15 is 0 Å². The summed E-state index contributed by atoms with van der Waals surface area (Å²) in [5, 5.41) is 11.6. The summed E-state index contributed by atoms with van der Waals surface area (Å²) < 4.78 is 0. The first-order valence-corrected chi connectivity index (χ1v) is 9.30. The lowest BCUT2D eigenvalue weighted by atomic mass is 9.99. The van der Waals surface area contributed by atoms with E-state index in [1.54, 1.807) is 0 Å². The molecule has 0 spiro atoms. The minimum Gasteiger partial charge on any atom is -0.353 e. The molecule has 0 aliphatic carbocycles. The third kappa shape index (κ3) is 4.40. The van der Waals surface area contributed by atoms with E-state index in [0.717, 1.165) is 36.6 Å². The third-order valence-electron chi connectivity index (χ3n) is 5.03. The summed E-state index contributed by atoms with van der Waals surface area (Å²) in [6.07, 6.45) is 1.32. The number of hydrogen-bond donors (Lipinski definition) is 1. The largest absolute Gasteiger partial charge is 0.353 e. The first-order chi connectivity index (χ1) is 12.3. The van der Waals surface area contributed by atoms with E-state index in [2.05, 4.69) is 65.5 Å². The highest BCUT2D eigenvalue weighted by Gasteiger charge is 2.35. The van der Waals surface area contributed by atoms with Crippen LogP contribution in [0.15, 0.2) is 36.4 Å². The molecule has 0 radical (unpaired) electrons. The Labute approximate surface area is 155 Å². The van der Waals surface area contributed by atoms with E-state index < -0.39 is 0 Å². The number of carbonyl (C=O) groups excluding carboxylic acids is 1. The molecule has 138 valence electrons. The maximum Gasteiger partial charge on any atom is 0.224 e. The van der Waals surface area contributed by atoms with Gasteiger partial charge in [-0.1, -0.05) is 38.1 Å². The van der Waals surface area contributed by atoms with Gasteiger partial charge in [-0.3, -0.25) is 4.79 Å². The van der Waals surface area contributed by atoms with Crippen LogP contribution in [0.1, 0.15) is 49.9 Å². The van der Waals surface area contributed by atoms with E-state index in [4.69, 9.17) is 0 Å². The molecular formula is C21H28N4O. The Morgan fingerprint density at radius 3 is 2.54 bits per heavy atom. The van der Waals surface area contributed by atoms with E-state index in [-0.39, 0.29) is 11.4 Å². The molecule has 5 heteroatoms. The normalized spacial score (nSPS) is 19.8. The molecule has 5 nitrogen and oxygen atoms in total.